The van der Waals surface area contributed by atoms with Crippen LogP contribution >= 0.6 is 55.1 Å². The molecule has 1 aromatic rings. The Morgan fingerprint density at radius 2 is 1.92 bits per heavy atom. The third-order valence-electron chi connectivity index (χ3n) is 1.22. The van der Waals surface area contributed by atoms with E-state index in [1.807, 2.05) is 6.08 Å². The number of rotatable bonds is 1. The molecule has 1 aromatic carbocycles. The first-order chi connectivity index (χ1) is 5.59. The zero-order valence-electron chi connectivity index (χ0n) is 5.82. The van der Waals surface area contributed by atoms with E-state index >= 15 is 0 Å². The first kappa shape index (κ1) is 10.6. The van der Waals surface area contributed by atoms with E-state index in [1.165, 1.54) is 0 Å². The minimum Gasteiger partial charge on any atom is -0.0843 e. The number of hydrogen-bond donors (Lipinski definition) is 0. The number of halogens is 4. The maximum absolute atomic E-state index is 5.90. The molecule has 0 N–H and O–H groups in total. The van der Waals surface area contributed by atoms with Gasteiger partial charge in [-0.05, 0) is 61.7 Å². The lowest BCUT2D eigenvalue weighted by molar-refractivity contribution is 1.66. The predicted octanol–water partition coefficient (Wildman–Crippen LogP) is 5.08. The normalized spacial score (nSPS) is 9.67. The third kappa shape index (κ3) is 3.09. The number of hydrogen-bond acceptors (Lipinski definition) is 0. The quantitative estimate of drug-likeness (QED) is 0.673. The zero-order chi connectivity index (χ0) is 9.14. The van der Waals surface area contributed by atoms with Crippen molar-refractivity contribution in [2.45, 2.75) is 0 Å². The van der Waals surface area contributed by atoms with Crippen molar-refractivity contribution in [3.05, 3.63) is 37.2 Å². The molecule has 1 rings (SSSR count). The molecule has 0 nitrogen and oxygen atoms in total. The molecule has 64 valence electrons. The van der Waals surface area contributed by atoms with Crippen LogP contribution in [-0.4, -0.2) is 0 Å². The maximum atomic E-state index is 5.90. The summed E-state index contributed by atoms with van der Waals surface area (Å²) in [6, 6.07) is 5.31. The lowest BCUT2D eigenvalue weighted by atomic mass is 10.2. The van der Waals surface area contributed by atoms with E-state index < -0.39 is 0 Å². The van der Waals surface area contributed by atoms with Gasteiger partial charge in [-0.3, -0.25) is 0 Å². The van der Waals surface area contributed by atoms with Gasteiger partial charge >= 0.3 is 0 Å². The number of benzene rings is 1. The van der Waals surface area contributed by atoms with Crippen molar-refractivity contribution in [2.75, 3.05) is 0 Å². The highest BCUT2D eigenvalue weighted by molar-refractivity contribution is 9.28. The predicted molar refractivity (Wildman–Crippen MR) is 62.3 cm³/mol. The minimum atomic E-state index is 0.673. The fourth-order valence-corrected chi connectivity index (χ4v) is 1.59. The van der Waals surface area contributed by atoms with Gasteiger partial charge in [0.1, 0.15) is 0 Å². The van der Waals surface area contributed by atoms with E-state index in [9.17, 15) is 0 Å². The smallest absolute Gasteiger partial charge is 0.0610 e. The van der Waals surface area contributed by atoms with Crippen molar-refractivity contribution in [3.63, 3.8) is 0 Å². The summed E-state index contributed by atoms with van der Waals surface area (Å²) >= 11 is 18.2. The monoisotopic (exact) mass is 328 g/mol. The van der Waals surface area contributed by atoms with Crippen LogP contribution in [0.4, 0.5) is 0 Å². The van der Waals surface area contributed by atoms with Gasteiger partial charge in [-0.2, -0.15) is 0 Å². The highest BCUT2D eigenvalue weighted by Crippen LogP contribution is 2.26. The van der Waals surface area contributed by atoms with E-state index in [0.29, 0.717) is 10.0 Å². The van der Waals surface area contributed by atoms with Crippen molar-refractivity contribution < 1.29 is 0 Å². The molecular weight excluding hydrogens is 327 g/mol. The minimum absolute atomic E-state index is 0.673. The van der Waals surface area contributed by atoms with Gasteiger partial charge in [0, 0.05) is 10.0 Å². The Labute approximate surface area is 97.8 Å². The Hall–Kier alpha value is 0.500. The van der Waals surface area contributed by atoms with Crippen molar-refractivity contribution >= 4 is 61.1 Å². The van der Waals surface area contributed by atoms with Crippen LogP contribution < -0.4 is 0 Å². The summed E-state index contributed by atoms with van der Waals surface area (Å²) in [5.41, 5.74) is 0.882. The summed E-state index contributed by atoms with van der Waals surface area (Å²) in [5, 5.41) is 1.35. The van der Waals surface area contributed by atoms with Crippen molar-refractivity contribution in [2.24, 2.45) is 0 Å². The second-order valence-corrected chi connectivity index (χ2v) is 5.72. The molecular formula is C8H4Br2Cl2. The summed E-state index contributed by atoms with van der Waals surface area (Å²) in [6.45, 7) is 0. The Morgan fingerprint density at radius 1 is 1.25 bits per heavy atom. The fourth-order valence-electron chi connectivity index (χ4n) is 0.743. The summed E-state index contributed by atoms with van der Waals surface area (Å²) in [5.74, 6) is 0. The van der Waals surface area contributed by atoms with E-state index in [0.717, 1.165) is 8.96 Å². The topological polar surface area (TPSA) is 0 Å². The van der Waals surface area contributed by atoms with Gasteiger partial charge in [0.15, 0.2) is 0 Å². The van der Waals surface area contributed by atoms with E-state index in [1.54, 1.807) is 18.2 Å². The third-order valence-corrected chi connectivity index (χ3v) is 2.26. The maximum Gasteiger partial charge on any atom is 0.0610 e. The molecule has 0 radical (unpaired) electrons. The zero-order valence-corrected chi connectivity index (χ0v) is 10.5. The largest absolute Gasteiger partial charge is 0.0843 e. The average Bonchev–Trinajstić information content (AvgIpc) is 1.96. The van der Waals surface area contributed by atoms with Crippen LogP contribution in [0.5, 0.6) is 0 Å². The van der Waals surface area contributed by atoms with Crippen LogP contribution in [0.25, 0.3) is 6.08 Å². The van der Waals surface area contributed by atoms with Crippen molar-refractivity contribution in [1.29, 1.82) is 0 Å². The van der Waals surface area contributed by atoms with Crippen LogP contribution in [0.1, 0.15) is 5.56 Å². The summed E-state index contributed by atoms with van der Waals surface area (Å²) in [7, 11) is 0. The molecule has 0 atom stereocenters. The highest BCUT2D eigenvalue weighted by atomic mass is 79.9. The first-order valence-electron chi connectivity index (χ1n) is 3.07. The second kappa shape index (κ2) is 4.66. The average molecular weight is 331 g/mol. The fraction of sp³-hybridized carbons (Fsp3) is 0. The van der Waals surface area contributed by atoms with Gasteiger partial charge < -0.3 is 0 Å². The van der Waals surface area contributed by atoms with Gasteiger partial charge in [0.2, 0.25) is 0 Å². The molecule has 4 heteroatoms. The molecule has 0 aliphatic rings. The van der Waals surface area contributed by atoms with Crippen LogP contribution in [0.3, 0.4) is 0 Å². The van der Waals surface area contributed by atoms with Crippen molar-refractivity contribution in [3.8, 4) is 0 Å². The standard InChI is InChI=1S/C8H4Br2Cl2/c9-8(10)4-5-3-6(11)1-2-7(5)12/h1-4H. The molecule has 0 unspecified atom stereocenters. The van der Waals surface area contributed by atoms with Crippen LogP contribution in [0, 0.1) is 0 Å². The Morgan fingerprint density at radius 3 is 2.50 bits per heavy atom. The van der Waals surface area contributed by atoms with Gasteiger partial charge in [0.25, 0.3) is 0 Å². The molecule has 0 amide bonds. The van der Waals surface area contributed by atoms with Crippen molar-refractivity contribution in [1.82, 2.24) is 0 Å². The molecule has 0 fully saturated rings. The molecule has 0 aliphatic carbocycles. The van der Waals surface area contributed by atoms with Gasteiger partial charge in [-0.15, -0.1) is 0 Å². The van der Waals surface area contributed by atoms with Gasteiger partial charge in [-0.1, -0.05) is 23.2 Å². The highest BCUT2D eigenvalue weighted by Gasteiger charge is 1.98. The van der Waals surface area contributed by atoms with Crippen LogP contribution in [-0.2, 0) is 0 Å². The molecule has 0 heterocycles. The molecule has 0 saturated carbocycles. The van der Waals surface area contributed by atoms with Crippen LogP contribution in [0.15, 0.2) is 21.6 Å². The molecule has 0 aromatic heterocycles. The molecule has 12 heavy (non-hydrogen) atoms. The second-order valence-electron chi connectivity index (χ2n) is 2.10. The lowest BCUT2D eigenvalue weighted by Crippen LogP contribution is -1.74. The Kier molecular flexibility index (Phi) is 4.11. The SMILES string of the molecule is Clc1ccc(Cl)c(C=C(Br)Br)c1. The Balaban J connectivity index is 3.14. The van der Waals surface area contributed by atoms with E-state index in [4.69, 9.17) is 23.2 Å². The van der Waals surface area contributed by atoms with Gasteiger partial charge in [0.05, 0.1) is 3.39 Å². The molecule has 0 saturated heterocycles. The summed E-state index contributed by atoms with van der Waals surface area (Å²) in [6.07, 6.45) is 1.84. The summed E-state index contributed by atoms with van der Waals surface area (Å²) in [4.78, 5) is 0. The van der Waals surface area contributed by atoms with E-state index in [-0.39, 0.29) is 0 Å². The molecule has 0 bridgehead atoms. The molecule has 0 spiro atoms. The lowest BCUT2D eigenvalue weighted by Gasteiger charge is -1.98. The molecule has 0 aliphatic heterocycles. The summed E-state index contributed by atoms with van der Waals surface area (Å²) < 4.78 is 0.833. The van der Waals surface area contributed by atoms with Gasteiger partial charge in [-0.25, -0.2) is 0 Å². The first-order valence-corrected chi connectivity index (χ1v) is 5.41. The Bertz CT molecular complexity index is 317. The van der Waals surface area contributed by atoms with Crippen LogP contribution in [0.2, 0.25) is 10.0 Å². The van der Waals surface area contributed by atoms with E-state index in [2.05, 4.69) is 31.9 Å².